The number of nitrogens with zero attached hydrogens (tertiary/aromatic N) is 1. The molecule has 2 N–H and O–H groups in total. The Morgan fingerprint density at radius 2 is 1.68 bits per heavy atom. The Bertz CT molecular complexity index is 938. The molecule has 3 rings (SSSR count). The number of benzene rings is 2. The minimum atomic E-state index is -0.812. The Hall–Kier alpha value is -3.41. The fourth-order valence-corrected chi connectivity index (χ4v) is 3.09. The van der Waals surface area contributed by atoms with E-state index in [0.29, 0.717) is 18.0 Å². The molecule has 0 aliphatic heterocycles. The second-order valence-electron chi connectivity index (χ2n) is 6.91. The van der Waals surface area contributed by atoms with Gasteiger partial charge in [0.2, 0.25) is 11.8 Å². The van der Waals surface area contributed by atoms with Gasteiger partial charge in [-0.15, -0.1) is 0 Å². The van der Waals surface area contributed by atoms with E-state index < -0.39 is 5.41 Å². The summed E-state index contributed by atoms with van der Waals surface area (Å²) in [5, 5.41) is 9.08. The van der Waals surface area contributed by atoms with Crippen LogP contribution in [0.2, 0.25) is 0 Å². The molecule has 0 radical (unpaired) electrons. The Morgan fingerprint density at radius 1 is 1.04 bits per heavy atom. The van der Waals surface area contributed by atoms with E-state index in [1.165, 1.54) is 0 Å². The van der Waals surface area contributed by atoms with Crippen molar-refractivity contribution >= 4 is 17.6 Å². The number of anilines is 1. The van der Waals surface area contributed by atoms with Crippen LogP contribution in [0.15, 0.2) is 71.3 Å². The first-order valence-electron chi connectivity index (χ1n) is 9.08. The molecule has 0 aliphatic carbocycles. The fraction of sp³-hybridized carbons (Fsp3) is 0.227. The first-order valence-corrected chi connectivity index (χ1v) is 9.08. The summed E-state index contributed by atoms with van der Waals surface area (Å²) < 4.78 is 4.92. The quantitative estimate of drug-likeness (QED) is 0.662. The number of carbonyl (C=O) groups excluding carboxylic acids is 2. The van der Waals surface area contributed by atoms with Crippen LogP contribution in [0.1, 0.15) is 23.8 Å². The summed E-state index contributed by atoms with van der Waals surface area (Å²) in [6.07, 6.45) is 0.522. The van der Waals surface area contributed by atoms with Crippen LogP contribution in [0, 0.1) is 6.92 Å². The average Bonchev–Trinajstić information content (AvgIpc) is 3.12. The van der Waals surface area contributed by atoms with Crippen molar-refractivity contribution in [1.82, 2.24) is 10.5 Å². The third-order valence-electron chi connectivity index (χ3n) is 4.62. The van der Waals surface area contributed by atoms with Gasteiger partial charge in [0.25, 0.3) is 0 Å². The average molecular weight is 377 g/mol. The van der Waals surface area contributed by atoms with Gasteiger partial charge in [-0.1, -0.05) is 65.8 Å². The number of rotatable bonds is 7. The minimum absolute atomic E-state index is 0.151. The summed E-state index contributed by atoms with van der Waals surface area (Å²) >= 11 is 0. The molecule has 28 heavy (non-hydrogen) atoms. The lowest BCUT2D eigenvalue weighted by Gasteiger charge is -2.29. The van der Waals surface area contributed by atoms with Crippen LogP contribution in [-0.2, 0) is 21.4 Å². The van der Waals surface area contributed by atoms with Crippen molar-refractivity contribution < 1.29 is 14.1 Å². The summed E-state index contributed by atoms with van der Waals surface area (Å²) in [5.41, 5.74) is 1.13. The molecule has 6 heteroatoms. The van der Waals surface area contributed by atoms with Crippen LogP contribution in [0.5, 0.6) is 0 Å². The highest BCUT2D eigenvalue weighted by Gasteiger charge is 2.35. The molecule has 0 saturated carbocycles. The van der Waals surface area contributed by atoms with E-state index >= 15 is 0 Å². The summed E-state index contributed by atoms with van der Waals surface area (Å²) in [7, 11) is 0. The van der Waals surface area contributed by atoms with Crippen LogP contribution in [0.4, 0.5) is 5.82 Å². The lowest BCUT2D eigenvalue weighted by molar-refractivity contribution is -0.128. The van der Waals surface area contributed by atoms with E-state index in [9.17, 15) is 9.59 Å². The largest absolute Gasteiger partial charge is 0.360 e. The van der Waals surface area contributed by atoms with Crippen LogP contribution in [-0.4, -0.2) is 23.5 Å². The van der Waals surface area contributed by atoms with Crippen LogP contribution in [0.3, 0.4) is 0 Å². The summed E-state index contributed by atoms with van der Waals surface area (Å²) in [5.74, 6) is 0.344. The Kier molecular flexibility index (Phi) is 5.89. The molecule has 0 aliphatic rings. The first kappa shape index (κ1) is 19.4. The van der Waals surface area contributed by atoms with Crippen molar-refractivity contribution in [2.24, 2.45) is 0 Å². The van der Waals surface area contributed by atoms with E-state index in [1.54, 1.807) is 13.0 Å². The number of nitrogens with one attached hydrogen (secondary N) is 2. The number of amides is 2. The first-order chi connectivity index (χ1) is 13.5. The van der Waals surface area contributed by atoms with E-state index in [0.717, 1.165) is 11.1 Å². The van der Waals surface area contributed by atoms with Crippen molar-refractivity contribution in [3.8, 4) is 0 Å². The van der Waals surface area contributed by atoms with Gasteiger partial charge in [-0.2, -0.15) is 0 Å². The van der Waals surface area contributed by atoms with Gasteiger partial charge in [0.15, 0.2) is 5.82 Å². The molecule has 1 unspecified atom stereocenters. The molecular weight excluding hydrogens is 354 g/mol. The second-order valence-corrected chi connectivity index (χ2v) is 6.91. The van der Waals surface area contributed by atoms with E-state index in [4.69, 9.17) is 4.52 Å². The highest BCUT2D eigenvalue weighted by molar-refractivity contribution is 5.96. The molecule has 2 aromatic carbocycles. The van der Waals surface area contributed by atoms with Crippen molar-refractivity contribution in [2.45, 2.75) is 25.7 Å². The van der Waals surface area contributed by atoms with Crippen molar-refractivity contribution in [1.29, 1.82) is 0 Å². The zero-order chi connectivity index (χ0) is 20.0. The van der Waals surface area contributed by atoms with Crippen molar-refractivity contribution in [2.75, 3.05) is 11.9 Å². The lowest BCUT2D eigenvalue weighted by Crippen LogP contribution is -2.46. The maximum atomic E-state index is 13.1. The number of aryl methyl sites for hydroxylation is 1. The van der Waals surface area contributed by atoms with Gasteiger partial charge in [0.05, 0.1) is 12.0 Å². The zero-order valence-corrected chi connectivity index (χ0v) is 15.9. The molecule has 6 nitrogen and oxygen atoms in total. The van der Waals surface area contributed by atoms with Gasteiger partial charge in [0.1, 0.15) is 5.76 Å². The smallest absolute Gasteiger partial charge is 0.245 e. The number of aromatic nitrogens is 1. The van der Waals surface area contributed by atoms with Crippen molar-refractivity contribution in [3.05, 3.63) is 83.6 Å². The predicted molar refractivity (Wildman–Crippen MR) is 107 cm³/mol. The topological polar surface area (TPSA) is 84.2 Å². The molecule has 2 amide bonds. The monoisotopic (exact) mass is 377 g/mol. The minimum Gasteiger partial charge on any atom is -0.360 e. The molecule has 0 bridgehead atoms. The number of hydrogen-bond acceptors (Lipinski definition) is 4. The summed E-state index contributed by atoms with van der Waals surface area (Å²) in [4.78, 5) is 25.2. The Balaban J connectivity index is 1.72. The second kappa shape index (κ2) is 8.52. The molecule has 1 heterocycles. The third kappa shape index (κ3) is 4.65. The van der Waals surface area contributed by atoms with Gasteiger partial charge in [-0.05, 0) is 31.4 Å². The van der Waals surface area contributed by atoms with Gasteiger partial charge >= 0.3 is 0 Å². The van der Waals surface area contributed by atoms with Crippen LogP contribution < -0.4 is 10.6 Å². The van der Waals surface area contributed by atoms with Gasteiger partial charge < -0.3 is 15.2 Å². The van der Waals surface area contributed by atoms with E-state index in [2.05, 4.69) is 15.8 Å². The fourth-order valence-electron chi connectivity index (χ4n) is 3.09. The molecule has 3 aromatic rings. The standard InChI is InChI=1S/C22H23N3O3/c1-16-13-19(25-28-16)24-20(26)15-23-21(27)22(2,18-11-7-4-8-12-18)14-17-9-5-3-6-10-17/h3-13H,14-15H2,1-2H3,(H,23,27)(H,24,25,26). The van der Waals surface area contributed by atoms with Crippen LogP contribution in [0.25, 0.3) is 0 Å². The van der Waals surface area contributed by atoms with Gasteiger partial charge in [0, 0.05) is 6.07 Å². The normalized spacial score (nSPS) is 12.8. The molecule has 1 atom stereocenters. The molecular formula is C22H23N3O3. The van der Waals surface area contributed by atoms with Gasteiger partial charge in [-0.25, -0.2) is 0 Å². The van der Waals surface area contributed by atoms with E-state index in [1.807, 2.05) is 67.6 Å². The predicted octanol–water partition coefficient (Wildman–Crippen LogP) is 3.24. The van der Waals surface area contributed by atoms with Gasteiger partial charge in [-0.3, -0.25) is 9.59 Å². The Morgan fingerprint density at radius 3 is 2.29 bits per heavy atom. The zero-order valence-electron chi connectivity index (χ0n) is 15.9. The maximum Gasteiger partial charge on any atom is 0.245 e. The maximum absolute atomic E-state index is 13.1. The van der Waals surface area contributed by atoms with E-state index in [-0.39, 0.29) is 18.4 Å². The number of carbonyl (C=O) groups is 2. The number of hydrogen-bond donors (Lipinski definition) is 2. The summed E-state index contributed by atoms with van der Waals surface area (Å²) in [6, 6.07) is 21.0. The van der Waals surface area contributed by atoms with Crippen LogP contribution >= 0.6 is 0 Å². The third-order valence-corrected chi connectivity index (χ3v) is 4.62. The molecule has 1 aromatic heterocycles. The summed E-state index contributed by atoms with van der Waals surface area (Å²) in [6.45, 7) is 3.48. The SMILES string of the molecule is Cc1cc(NC(=O)CNC(=O)C(C)(Cc2ccccc2)c2ccccc2)no1. The lowest BCUT2D eigenvalue weighted by atomic mass is 9.76. The molecule has 0 spiro atoms. The highest BCUT2D eigenvalue weighted by atomic mass is 16.5. The molecule has 0 saturated heterocycles. The highest BCUT2D eigenvalue weighted by Crippen LogP contribution is 2.28. The van der Waals surface area contributed by atoms with Crippen molar-refractivity contribution in [3.63, 3.8) is 0 Å². The molecule has 144 valence electrons. The molecule has 0 fully saturated rings. The Labute approximate surface area is 163 Å².